The molecule has 0 saturated heterocycles. The molecule has 17 heavy (non-hydrogen) atoms. The zero-order chi connectivity index (χ0) is 11.5. The van der Waals surface area contributed by atoms with Gasteiger partial charge in [-0.05, 0) is 0 Å². The van der Waals surface area contributed by atoms with Gasteiger partial charge in [0.05, 0.1) is 12.2 Å². The Kier molecular flexibility index (Phi) is 5.20. The van der Waals surface area contributed by atoms with Gasteiger partial charge >= 0.3 is 0 Å². The van der Waals surface area contributed by atoms with Crippen LogP contribution in [0.4, 0.5) is 0 Å². The maximum atomic E-state index is 11.0. The van der Waals surface area contributed by atoms with E-state index in [9.17, 15) is 4.79 Å². The quantitative estimate of drug-likeness (QED) is 0.894. The van der Waals surface area contributed by atoms with Gasteiger partial charge in [-0.15, -0.1) is 23.7 Å². The minimum Gasteiger partial charge on any atom is -0.358 e. The van der Waals surface area contributed by atoms with Gasteiger partial charge in [0.25, 0.3) is 0 Å². The monoisotopic (exact) mass is 294 g/mol. The van der Waals surface area contributed by atoms with E-state index in [2.05, 4.69) is 15.6 Å². The topological polar surface area (TPSA) is 58.4 Å². The fourth-order valence-electron chi connectivity index (χ4n) is 1.35. The standard InChI is InChI=1S/C9H11ClN4OS.ClH/c1-11-7(15)5-12-4-6-8(10)13-9-14(6)2-3-16-9;/h2-3,12H,4-5H2,1H3,(H,11,15);1H. The number of fused-ring (bicyclic) bond motifs is 1. The minimum absolute atomic E-state index is 0. The Morgan fingerprint density at radius 3 is 3.12 bits per heavy atom. The molecule has 0 aliphatic rings. The number of amides is 1. The zero-order valence-electron chi connectivity index (χ0n) is 9.07. The van der Waals surface area contributed by atoms with Gasteiger partial charge in [0.2, 0.25) is 5.91 Å². The van der Waals surface area contributed by atoms with E-state index in [4.69, 9.17) is 11.6 Å². The summed E-state index contributed by atoms with van der Waals surface area (Å²) in [6.07, 6.45) is 1.91. The van der Waals surface area contributed by atoms with Gasteiger partial charge in [0.1, 0.15) is 0 Å². The van der Waals surface area contributed by atoms with Crippen LogP contribution in [0.5, 0.6) is 0 Å². The number of thiazole rings is 1. The van der Waals surface area contributed by atoms with E-state index in [0.29, 0.717) is 11.7 Å². The lowest BCUT2D eigenvalue weighted by molar-refractivity contribution is -0.119. The van der Waals surface area contributed by atoms with Gasteiger partial charge in [-0.25, -0.2) is 4.98 Å². The van der Waals surface area contributed by atoms with Gasteiger partial charge in [0, 0.05) is 25.2 Å². The van der Waals surface area contributed by atoms with E-state index in [1.54, 1.807) is 7.05 Å². The van der Waals surface area contributed by atoms with Crippen molar-refractivity contribution in [2.45, 2.75) is 6.54 Å². The predicted molar refractivity (Wildman–Crippen MR) is 71.1 cm³/mol. The summed E-state index contributed by atoms with van der Waals surface area (Å²) in [6.45, 7) is 0.786. The summed E-state index contributed by atoms with van der Waals surface area (Å²) in [6, 6.07) is 0. The van der Waals surface area contributed by atoms with Crippen molar-refractivity contribution in [1.82, 2.24) is 20.0 Å². The fourth-order valence-corrected chi connectivity index (χ4v) is 2.37. The molecule has 0 saturated carbocycles. The van der Waals surface area contributed by atoms with Gasteiger partial charge in [-0.1, -0.05) is 11.6 Å². The molecule has 5 nitrogen and oxygen atoms in total. The van der Waals surface area contributed by atoms with Crippen molar-refractivity contribution in [3.05, 3.63) is 22.4 Å². The number of hydrogen-bond acceptors (Lipinski definition) is 4. The number of nitrogens with one attached hydrogen (secondary N) is 2. The van der Waals surface area contributed by atoms with Gasteiger partial charge < -0.3 is 10.6 Å². The van der Waals surface area contributed by atoms with Gasteiger partial charge in [-0.3, -0.25) is 9.20 Å². The Balaban J connectivity index is 0.00000144. The second kappa shape index (κ2) is 6.20. The molecule has 0 radical (unpaired) electrons. The first-order valence-corrected chi connectivity index (χ1v) is 5.99. The van der Waals surface area contributed by atoms with Crippen LogP contribution in [0.1, 0.15) is 5.69 Å². The molecule has 0 aliphatic carbocycles. The van der Waals surface area contributed by atoms with E-state index in [-0.39, 0.29) is 24.9 Å². The third-order valence-electron chi connectivity index (χ3n) is 2.17. The average molecular weight is 295 g/mol. The number of rotatable bonds is 4. The van der Waals surface area contributed by atoms with E-state index < -0.39 is 0 Å². The Morgan fingerprint density at radius 1 is 1.65 bits per heavy atom. The highest BCUT2D eigenvalue weighted by Crippen LogP contribution is 2.20. The van der Waals surface area contributed by atoms with Crippen LogP contribution >= 0.6 is 35.3 Å². The van der Waals surface area contributed by atoms with Crippen molar-refractivity contribution in [3.8, 4) is 0 Å². The van der Waals surface area contributed by atoms with Crippen LogP contribution in [-0.2, 0) is 11.3 Å². The van der Waals surface area contributed by atoms with Crippen LogP contribution in [0.2, 0.25) is 5.15 Å². The number of imidazole rings is 1. The second-order valence-corrected chi connectivity index (χ2v) is 4.41. The Hall–Kier alpha value is -0.820. The van der Waals surface area contributed by atoms with Crippen molar-refractivity contribution < 1.29 is 4.79 Å². The van der Waals surface area contributed by atoms with Crippen molar-refractivity contribution in [2.75, 3.05) is 13.6 Å². The van der Waals surface area contributed by atoms with Gasteiger partial charge in [0.15, 0.2) is 10.1 Å². The van der Waals surface area contributed by atoms with Crippen molar-refractivity contribution in [1.29, 1.82) is 0 Å². The van der Waals surface area contributed by atoms with Crippen molar-refractivity contribution in [3.63, 3.8) is 0 Å². The summed E-state index contributed by atoms with van der Waals surface area (Å²) in [4.78, 5) is 16.1. The molecule has 0 aliphatic heterocycles. The number of aromatic nitrogens is 2. The van der Waals surface area contributed by atoms with Crippen LogP contribution in [0.3, 0.4) is 0 Å². The molecule has 2 aromatic heterocycles. The summed E-state index contributed by atoms with van der Waals surface area (Å²) >= 11 is 7.52. The average Bonchev–Trinajstić information content (AvgIpc) is 2.81. The minimum atomic E-state index is -0.0535. The van der Waals surface area contributed by atoms with Crippen LogP contribution in [0.25, 0.3) is 4.96 Å². The highest BCUT2D eigenvalue weighted by atomic mass is 35.5. The number of nitrogens with zero attached hydrogens (tertiary/aromatic N) is 2. The molecule has 0 aromatic carbocycles. The highest BCUT2D eigenvalue weighted by molar-refractivity contribution is 7.15. The lowest BCUT2D eigenvalue weighted by Crippen LogP contribution is -2.31. The summed E-state index contributed by atoms with van der Waals surface area (Å²) < 4.78 is 1.92. The van der Waals surface area contributed by atoms with Crippen LogP contribution in [-0.4, -0.2) is 28.9 Å². The summed E-state index contributed by atoms with van der Waals surface area (Å²) in [5.74, 6) is -0.0535. The first kappa shape index (κ1) is 14.2. The third-order valence-corrected chi connectivity index (χ3v) is 3.23. The molecule has 0 spiro atoms. The largest absolute Gasteiger partial charge is 0.358 e. The first-order valence-electron chi connectivity index (χ1n) is 4.73. The van der Waals surface area contributed by atoms with Crippen LogP contribution in [0.15, 0.2) is 11.6 Å². The SMILES string of the molecule is CNC(=O)CNCc1c(Cl)nc2sccn12.Cl. The van der Waals surface area contributed by atoms with Gasteiger partial charge in [-0.2, -0.15) is 0 Å². The van der Waals surface area contributed by atoms with Crippen LogP contribution in [0, 0.1) is 0 Å². The Morgan fingerprint density at radius 2 is 2.41 bits per heavy atom. The Bertz CT molecular complexity index is 510. The van der Waals surface area contributed by atoms with E-state index in [0.717, 1.165) is 10.7 Å². The first-order chi connectivity index (χ1) is 7.72. The molecule has 2 rings (SSSR count). The molecule has 2 aromatic rings. The number of hydrogen-bond donors (Lipinski definition) is 2. The molecule has 0 bridgehead atoms. The fraction of sp³-hybridized carbons (Fsp3) is 0.333. The molecule has 0 atom stereocenters. The molecule has 0 unspecified atom stereocenters. The molecule has 94 valence electrons. The molecule has 0 fully saturated rings. The predicted octanol–water partition coefficient (Wildman–Crippen LogP) is 1.31. The zero-order valence-corrected chi connectivity index (χ0v) is 11.5. The molecular weight excluding hydrogens is 283 g/mol. The number of likely N-dealkylation sites (N-methyl/N-ethyl adjacent to an activating group) is 1. The smallest absolute Gasteiger partial charge is 0.233 e. The number of carbonyl (C=O) groups excluding carboxylic acids is 1. The molecule has 8 heteroatoms. The Labute approximate surface area is 114 Å². The lowest BCUT2D eigenvalue weighted by atomic mass is 10.4. The van der Waals surface area contributed by atoms with Crippen molar-refractivity contribution >= 4 is 46.2 Å². The normalized spacial score (nSPS) is 10.2. The molecule has 1 amide bonds. The molecule has 2 N–H and O–H groups in total. The lowest BCUT2D eigenvalue weighted by Gasteiger charge is -2.03. The highest BCUT2D eigenvalue weighted by Gasteiger charge is 2.10. The molecular formula is C9H12Cl2N4OS. The van der Waals surface area contributed by atoms with Crippen LogP contribution < -0.4 is 10.6 Å². The summed E-state index contributed by atoms with van der Waals surface area (Å²) in [5.41, 5.74) is 0.877. The maximum Gasteiger partial charge on any atom is 0.233 e. The van der Waals surface area contributed by atoms with E-state index in [1.165, 1.54) is 11.3 Å². The maximum absolute atomic E-state index is 11.0. The van der Waals surface area contributed by atoms with E-state index >= 15 is 0 Å². The summed E-state index contributed by atoms with van der Waals surface area (Å²) in [5, 5.41) is 7.97. The number of halogens is 2. The van der Waals surface area contributed by atoms with Crippen molar-refractivity contribution in [2.24, 2.45) is 0 Å². The molecule has 2 heterocycles. The van der Waals surface area contributed by atoms with E-state index in [1.807, 2.05) is 16.0 Å². The second-order valence-electron chi connectivity index (χ2n) is 3.18. The summed E-state index contributed by atoms with van der Waals surface area (Å²) in [7, 11) is 1.60. The number of carbonyl (C=O) groups is 1. The third kappa shape index (κ3) is 3.10.